The summed E-state index contributed by atoms with van der Waals surface area (Å²) in [6.45, 7) is 1.96. The molecule has 0 spiro atoms. The van der Waals surface area contributed by atoms with Crippen molar-refractivity contribution in [1.82, 2.24) is 10.1 Å². The summed E-state index contributed by atoms with van der Waals surface area (Å²) in [4.78, 5) is 14.0. The molecule has 1 aromatic heterocycles. The van der Waals surface area contributed by atoms with Crippen molar-refractivity contribution in [3.05, 3.63) is 11.7 Å². The number of carbonyl (C=O) groups excluding carboxylic acids is 1. The molecule has 1 saturated carbocycles. The topological polar surface area (TPSA) is 79.0 Å². The molecule has 6 heteroatoms. The summed E-state index contributed by atoms with van der Waals surface area (Å²) in [5.74, 6) is -1.35. The standard InChI is InChI=1S/C7H8N2O3.Li/c1-7(2-3-7)6-8-4(5(10)11)9-12-6;/h2-3H2,1H3,(H,10,11);/q;+1/p-1. The van der Waals surface area contributed by atoms with E-state index in [1.165, 1.54) is 0 Å². The van der Waals surface area contributed by atoms with Crippen LogP contribution in [-0.2, 0) is 5.41 Å². The molecule has 1 aliphatic carbocycles. The van der Waals surface area contributed by atoms with E-state index in [1.54, 1.807) is 0 Å². The van der Waals surface area contributed by atoms with Gasteiger partial charge in [0.2, 0.25) is 11.7 Å². The molecule has 0 aliphatic heterocycles. The van der Waals surface area contributed by atoms with Crippen LogP contribution in [0.15, 0.2) is 4.52 Å². The summed E-state index contributed by atoms with van der Waals surface area (Å²) in [7, 11) is 0. The van der Waals surface area contributed by atoms with Crippen molar-refractivity contribution in [3.63, 3.8) is 0 Å². The van der Waals surface area contributed by atoms with Gasteiger partial charge in [0.15, 0.2) is 0 Å². The summed E-state index contributed by atoms with van der Waals surface area (Å²) in [5.41, 5.74) is -0.0826. The number of carboxylic acid groups (broad SMARTS) is 1. The third-order valence-corrected chi connectivity index (χ3v) is 2.12. The van der Waals surface area contributed by atoms with Crippen LogP contribution in [0, 0.1) is 0 Å². The average Bonchev–Trinajstić information content (AvgIpc) is 2.61. The van der Waals surface area contributed by atoms with Crippen LogP contribution in [0.4, 0.5) is 0 Å². The number of aromatic carboxylic acids is 1. The molecule has 1 heterocycles. The second-order valence-electron chi connectivity index (χ2n) is 3.27. The Morgan fingerprint density at radius 1 is 1.62 bits per heavy atom. The van der Waals surface area contributed by atoms with Crippen molar-refractivity contribution >= 4 is 5.97 Å². The van der Waals surface area contributed by atoms with Crippen LogP contribution in [0.5, 0.6) is 0 Å². The maximum Gasteiger partial charge on any atom is 1.00 e. The van der Waals surface area contributed by atoms with Crippen LogP contribution in [-0.4, -0.2) is 16.1 Å². The summed E-state index contributed by atoms with van der Waals surface area (Å²) < 4.78 is 4.77. The number of nitrogens with zero attached hydrogens (tertiary/aromatic N) is 2. The monoisotopic (exact) mass is 174 g/mol. The van der Waals surface area contributed by atoms with Crippen molar-refractivity contribution in [2.45, 2.75) is 25.2 Å². The Morgan fingerprint density at radius 2 is 2.23 bits per heavy atom. The van der Waals surface area contributed by atoms with Gasteiger partial charge >= 0.3 is 18.9 Å². The fourth-order valence-electron chi connectivity index (χ4n) is 0.953. The Bertz CT molecular complexity index is 332. The van der Waals surface area contributed by atoms with Crippen molar-refractivity contribution in [3.8, 4) is 0 Å². The molecule has 64 valence electrons. The number of rotatable bonds is 2. The molecule has 0 atom stereocenters. The molecular formula is C7H7LiN2O3. The van der Waals surface area contributed by atoms with Crippen molar-refractivity contribution < 1.29 is 33.3 Å². The number of hydrogen-bond acceptors (Lipinski definition) is 5. The van der Waals surface area contributed by atoms with E-state index in [0.717, 1.165) is 12.8 Å². The van der Waals surface area contributed by atoms with Crippen molar-refractivity contribution in [2.24, 2.45) is 0 Å². The molecule has 0 aromatic carbocycles. The maximum atomic E-state index is 10.3. The fraction of sp³-hybridized carbons (Fsp3) is 0.571. The normalized spacial score (nSPS) is 17.6. The van der Waals surface area contributed by atoms with Gasteiger partial charge in [0, 0.05) is 5.41 Å². The van der Waals surface area contributed by atoms with E-state index in [2.05, 4.69) is 10.1 Å². The van der Waals surface area contributed by atoms with E-state index in [0.29, 0.717) is 5.89 Å². The predicted molar refractivity (Wildman–Crippen MR) is 35.2 cm³/mol. The Morgan fingerprint density at radius 3 is 2.62 bits per heavy atom. The molecule has 5 nitrogen and oxygen atoms in total. The first-order valence-electron chi connectivity index (χ1n) is 3.67. The smallest absolute Gasteiger partial charge is 0.541 e. The van der Waals surface area contributed by atoms with E-state index in [-0.39, 0.29) is 30.1 Å². The van der Waals surface area contributed by atoms with Gasteiger partial charge in [-0.1, -0.05) is 12.1 Å². The molecule has 1 aliphatic rings. The summed E-state index contributed by atoms with van der Waals surface area (Å²) in [6.07, 6.45) is 1.95. The number of carboxylic acids is 1. The first kappa shape index (κ1) is 10.3. The van der Waals surface area contributed by atoms with Crippen molar-refractivity contribution in [1.29, 1.82) is 0 Å². The molecule has 0 amide bonds. The number of carbonyl (C=O) groups is 1. The molecule has 1 aromatic rings. The molecule has 0 saturated heterocycles. The van der Waals surface area contributed by atoms with Gasteiger partial charge in [-0.3, -0.25) is 0 Å². The van der Waals surface area contributed by atoms with Gasteiger partial charge in [-0.15, -0.1) is 0 Å². The van der Waals surface area contributed by atoms with E-state index >= 15 is 0 Å². The van der Waals surface area contributed by atoms with Crippen LogP contribution in [0.3, 0.4) is 0 Å². The first-order valence-corrected chi connectivity index (χ1v) is 3.67. The molecule has 2 rings (SSSR count). The Kier molecular flexibility index (Phi) is 2.51. The van der Waals surface area contributed by atoms with Crippen LogP contribution in [0.2, 0.25) is 0 Å². The molecule has 0 bridgehead atoms. The van der Waals surface area contributed by atoms with E-state index in [9.17, 15) is 9.90 Å². The van der Waals surface area contributed by atoms with Crippen LogP contribution in [0.1, 0.15) is 36.3 Å². The zero-order chi connectivity index (χ0) is 8.77. The molecule has 13 heavy (non-hydrogen) atoms. The molecule has 0 N–H and O–H groups in total. The minimum Gasteiger partial charge on any atom is -0.541 e. The number of hydrogen-bond donors (Lipinski definition) is 0. The maximum absolute atomic E-state index is 10.3. The first-order chi connectivity index (χ1) is 5.62. The average molecular weight is 174 g/mol. The van der Waals surface area contributed by atoms with Gasteiger partial charge in [-0.05, 0) is 12.8 Å². The third-order valence-electron chi connectivity index (χ3n) is 2.12. The van der Waals surface area contributed by atoms with Crippen LogP contribution in [0.25, 0.3) is 0 Å². The SMILES string of the molecule is CC1(c2nc(C(=O)[O-])no2)CC1.[Li+]. The van der Waals surface area contributed by atoms with Gasteiger partial charge in [0.1, 0.15) is 5.97 Å². The Labute approximate surface area is 86.7 Å². The predicted octanol–water partition coefficient (Wildman–Crippen LogP) is -3.51. The Hall–Kier alpha value is -0.793. The van der Waals surface area contributed by atoms with Gasteiger partial charge in [-0.25, -0.2) is 0 Å². The van der Waals surface area contributed by atoms with Gasteiger partial charge in [0.05, 0.1) is 0 Å². The summed E-state index contributed by atoms with van der Waals surface area (Å²) in [6, 6.07) is 0. The zero-order valence-electron chi connectivity index (χ0n) is 7.53. The van der Waals surface area contributed by atoms with Crippen LogP contribution >= 0.6 is 0 Å². The minimum absolute atomic E-state index is 0. The minimum atomic E-state index is -1.39. The van der Waals surface area contributed by atoms with Gasteiger partial charge in [-0.2, -0.15) is 4.98 Å². The van der Waals surface area contributed by atoms with Gasteiger partial charge < -0.3 is 14.4 Å². The van der Waals surface area contributed by atoms with Gasteiger partial charge in [0.25, 0.3) is 0 Å². The fourth-order valence-corrected chi connectivity index (χ4v) is 0.953. The summed E-state index contributed by atoms with van der Waals surface area (Å²) in [5, 5.41) is 13.5. The second-order valence-corrected chi connectivity index (χ2v) is 3.27. The molecule has 1 fully saturated rings. The quantitative estimate of drug-likeness (QED) is 0.434. The van der Waals surface area contributed by atoms with E-state index < -0.39 is 5.97 Å². The Balaban J connectivity index is 0.000000845. The van der Waals surface area contributed by atoms with Crippen LogP contribution < -0.4 is 24.0 Å². The zero-order valence-corrected chi connectivity index (χ0v) is 7.53. The molecular weight excluding hydrogens is 167 g/mol. The molecule has 0 radical (unpaired) electrons. The van der Waals surface area contributed by atoms with E-state index in [1.807, 2.05) is 6.92 Å². The van der Waals surface area contributed by atoms with Crippen molar-refractivity contribution in [2.75, 3.05) is 0 Å². The molecule has 0 unspecified atom stereocenters. The summed E-state index contributed by atoms with van der Waals surface area (Å²) >= 11 is 0. The second kappa shape index (κ2) is 3.17. The number of aromatic nitrogens is 2. The third kappa shape index (κ3) is 1.76. The largest absolute Gasteiger partial charge is 1.00 e. The van der Waals surface area contributed by atoms with E-state index in [4.69, 9.17) is 4.52 Å².